The molecule has 1 aromatic heterocycles. The van der Waals surface area contributed by atoms with Crippen LogP contribution in [0, 0.1) is 0 Å². The summed E-state index contributed by atoms with van der Waals surface area (Å²) in [6, 6.07) is 6.86. The third-order valence-electron chi connectivity index (χ3n) is 4.71. The number of aliphatic carboxylic acids is 1. The lowest BCUT2D eigenvalue weighted by molar-refractivity contribution is -0.138. The van der Waals surface area contributed by atoms with Gasteiger partial charge >= 0.3 is 5.97 Å². The highest BCUT2D eigenvalue weighted by Crippen LogP contribution is 2.41. The van der Waals surface area contributed by atoms with Gasteiger partial charge in [0, 0.05) is 43.0 Å². The molecule has 0 radical (unpaired) electrons. The van der Waals surface area contributed by atoms with Gasteiger partial charge in [0.2, 0.25) is 0 Å². The first-order valence-electron chi connectivity index (χ1n) is 8.74. The summed E-state index contributed by atoms with van der Waals surface area (Å²) in [4.78, 5) is 22.6. The van der Waals surface area contributed by atoms with Gasteiger partial charge in [0.15, 0.2) is 5.82 Å². The normalized spacial score (nSPS) is 17.2. The molecule has 26 heavy (non-hydrogen) atoms. The van der Waals surface area contributed by atoms with E-state index in [4.69, 9.17) is 5.11 Å². The van der Waals surface area contributed by atoms with Gasteiger partial charge in [0.25, 0.3) is 0 Å². The van der Waals surface area contributed by atoms with Crippen LogP contribution in [-0.4, -0.2) is 51.6 Å². The average molecular weight is 371 g/mol. The Morgan fingerprint density at radius 2 is 2.12 bits per heavy atom. The van der Waals surface area contributed by atoms with Crippen molar-refractivity contribution < 1.29 is 9.90 Å². The highest BCUT2D eigenvalue weighted by atomic mass is 32.2. The van der Waals surface area contributed by atoms with Crippen molar-refractivity contribution in [2.45, 2.75) is 35.3 Å². The summed E-state index contributed by atoms with van der Waals surface area (Å²) in [5.41, 5.74) is 2.29. The average Bonchev–Trinajstić information content (AvgIpc) is 2.65. The number of rotatable bonds is 5. The number of fused-ring (bicyclic) bond motifs is 2. The quantitative estimate of drug-likeness (QED) is 0.630. The number of carbonyl (C=O) groups is 1. The number of anilines is 2. The molecular weight excluding hydrogens is 350 g/mol. The second kappa shape index (κ2) is 7.61. The van der Waals surface area contributed by atoms with Crippen LogP contribution in [-0.2, 0) is 11.3 Å². The lowest BCUT2D eigenvalue weighted by Crippen LogP contribution is -2.43. The van der Waals surface area contributed by atoms with Crippen molar-refractivity contribution in [2.24, 2.45) is 0 Å². The lowest BCUT2D eigenvalue weighted by atomic mass is 10.0. The van der Waals surface area contributed by atoms with Crippen LogP contribution in [0.5, 0.6) is 0 Å². The van der Waals surface area contributed by atoms with Gasteiger partial charge in [-0.15, -0.1) is 0 Å². The molecule has 2 aliphatic rings. The van der Waals surface area contributed by atoms with E-state index in [1.165, 1.54) is 5.56 Å². The van der Waals surface area contributed by atoms with Gasteiger partial charge in [0.1, 0.15) is 5.03 Å². The van der Waals surface area contributed by atoms with E-state index in [1.807, 2.05) is 4.90 Å². The number of piperidine rings is 1. The van der Waals surface area contributed by atoms with E-state index in [0.717, 1.165) is 53.9 Å². The maximum Gasteiger partial charge on any atom is 0.317 e. The molecule has 0 spiro atoms. The Bertz CT molecular complexity index is 808. The molecule has 1 fully saturated rings. The SMILES string of the molecule is O=C(O)CN1CCC(NCc2ccc3c(c2)Nc2nccnc2S3)CC1. The molecule has 3 N–H and O–H groups in total. The maximum absolute atomic E-state index is 10.8. The standard InChI is InChI=1S/C18H21N5O2S/c24-16(25)11-23-7-3-13(4-8-23)21-10-12-1-2-15-14(9-12)22-17-18(26-15)20-6-5-19-17/h1-2,5-6,9,13,21H,3-4,7-8,10-11H2,(H,19,22)(H,24,25). The molecule has 0 aliphatic carbocycles. The van der Waals surface area contributed by atoms with E-state index >= 15 is 0 Å². The Morgan fingerprint density at radius 1 is 1.31 bits per heavy atom. The van der Waals surface area contributed by atoms with Crippen LogP contribution in [0.25, 0.3) is 0 Å². The molecule has 1 saturated heterocycles. The highest BCUT2D eigenvalue weighted by molar-refractivity contribution is 7.99. The molecule has 1 aromatic carbocycles. The van der Waals surface area contributed by atoms with Crippen molar-refractivity contribution in [1.29, 1.82) is 0 Å². The van der Waals surface area contributed by atoms with Gasteiger partial charge < -0.3 is 15.7 Å². The molecule has 3 heterocycles. The first-order chi connectivity index (χ1) is 12.7. The fourth-order valence-electron chi connectivity index (χ4n) is 3.34. The van der Waals surface area contributed by atoms with Gasteiger partial charge in [0.05, 0.1) is 12.2 Å². The summed E-state index contributed by atoms with van der Waals surface area (Å²) >= 11 is 1.63. The number of benzene rings is 1. The summed E-state index contributed by atoms with van der Waals surface area (Å²) < 4.78 is 0. The second-order valence-corrected chi connectivity index (χ2v) is 7.62. The number of aromatic nitrogens is 2. The molecule has 7 nitrogen and oxygen atoms in total. The smallest absolute Gasteiger partial charge is 0.317 e. The minimum Gasteiger partial charge on any atom is -0.480 e. The van der Waals surface area contributed by atoms with Crippen LogP contribution in [0.3, 0.4) is 0 Å². The first-order valence-corrected chi connectivity index (χ1v) is 9.55. The van der Waals surface area contributed by atoms with Crippen molar-refractivity contribution in [1.82, 2.24) is 20.2 Å². The van der Waals surface area contributed by atoms with E-state index in [9.17, 15) is 4.79 Å². The number of hydrogen-bond acceptors (Lipinski definition) is 7. The van der Waals surface area contributed by atoms with Gasteiger partial charge in [-0.25, -0.2) is 9.97 Å². The Morgan fingerprint density at radius 3 is 2.92 bits per heavy atom. The number of hydrogen-bond donors (Lipinski definition) is 3. The third kappa shape index (κ3) is 3.98. The monoisotopic (exact) mass is 371 g/mol. The van der Waals surface area contributed by atoms with Crippen molar-refractivity contribution in [2.75, 3.05) is 25.0 Å². The zero-order chi connectivity index (χ0) is 17.9. The van der Waals surface area contributed by atoms with Crippen molar-refractivity contribution in [3.63, 3.8) is 0 Å². The summed E-state index contributed by atoms with van der Waals surface area (Å²) in [5.74, 6) is 0.0583. The van der Waals surface area contributed by atoms with E-state index in [-0.39, 0.29) is 6.54 Å². The summed E-state index contributed by atoms with van der Waals surface area (Å²) in [6.07, 6.45) is 5.36. The number of carboxylic acid groups (broad SMARTS) is 1. The fourth-order valence-corrected chi connectivity index (χ4v) is 4.22. The van der Waals surface area contributed by atoms with Crippen LogP contribution in [0.2, 0.25) is 0 Å². The Kier molecular flexibility index (Phi) is 5.05. The number of carboxylic acids is 1. The second-order valence-electron chi connectivity index (χ2n) is 6.59. The topological polar surface area (TPSA) is 90.4 Å². The largest absolute Gasteiger partial charge is 0.480 e. The van der Waals surface area contributed by atoms with E-state index in [0.29, 0.717) is 6.04 Å². The van der Waals surface area contributed by atoms with Crippen LogP contribution < -0.4 is 10.6 Å². The lowest BCUT2D eigenvalue weighted by Gasteiger charge is -2.31. The zero-order valence-corrected chi connectivity index (χ0v) is 15.1. The summed E-state index contributed by atoms with van der Waals surface area (Å²) in [6.45, 7) is 2.62. The number of nitrogens with one attached hydrogen (secondary N) is 2. The molecule has 0 atom stereocenters. The summed E-state index contributed by atoms with van der Waals surface area (Å²) in [5, 5.41) is 16.7. The zero-order valence-electron chi connectivity index (χ0n) is 14.3. The van der Waals surface area contributed by atoms with Crippen LogP contribution in [0.4, 0.5) is 11.5 Å². The fraction of sp³-hybridized carbons (Fsp3) is 0.389. The van der Waals surface area contributed by atoms with Crippen LogP contribution in [0.1, 0.15) is 18.4 Å². The van der Waals surface area contributed by atoms with E-state index in [2.05, 4.69) is 38.8 Å². The first kappa shape index (κ1) is 17.3. The van der Waals surface area contributed by atoms with Crippen molar-refractivity contribution in [3.8, 4) is 0 Å². The minimum absolute atomic E-state index is 0.144. The molecule has 4 rings (SSSR count). The molecule has 0 bridgehead atoms. The van der Waals surface area contributed by atoms with Crippen LogP contribution >= 0.6 is 11.8 Å². The predicted molar refractivity (Wildman–Crippen MR) is 99.8 cm³/mol. The molecule has 8 heteroatoms. The van der Waals surface area contributed by atoms with Crippen LogP contribution in [0.15, 0.2) is 40.5 Å². The molecule has 0 unspecified atom stereocenters. The van der Waals surface area contributed by atoms with E-state index < -0.39 is 5.97 Å². The van der Waals surface area contributed by atoms with Gasteiger partial charge in [-0.2, -0.15) is 0 Å². The van der Waals surface area contributed by atoms with Gasteiger partial charge in [-0.05, 0) is 30.5 Å². The Hall–Kier alpha value is -2.16. The number of likely N-dealkylation sites (tertiary alicyclic amines) is 1. The third-order valence-corrected chi connectivity index (χ3v) is 5.78. The molecule has 2 aliphatic heterocycles. The molecule has 0 saturated carbocycles. The highest BCUT2D eigenvalue weighted by Gasteiger charge is 2.21. The van der Waals surface area contributed by atoms with Crippen molar-refractivity contribution >= 4 is 29.2 Å². The van der Waals surface area contributed by atoms with Crippen molar-refractivity contribution in [3.05, 3.63) is 36.2 Å². The minimum atomic E-state index is -0.748. The predicted octanol–water partition coefficient (Wildman–Crippen LogP) is 2.32. The van der Waals surface area contributed by atoms with Gasteiger partial charge in [-0.3, -0.25) is 9.69 Å². The maximum atomic E-state index is 10.8. The Labute approximate surface area is 156 Å². The van der Waals surface area contributed by atoms with Gasteiger partial charge in [-0.1, -0.05) is 17.8 Å². The summed E-state index contributed by atoms with van der Waals surface area (Å²) in [7, 11) is 0. The number of nitrogens with zero attached hydrogens (tertiary/aromatic N) is 3. The van der Waals surface area contributed by atoms with E-state index in [1.54, 1.807) is 24.2 Å². The molecular formula is C18H21N5O2S. The molecule has 0 amide bonds. The molecule has 2 aromatic rings. The Balaban J connectivity index is 1.32. The molecule has 136 valence electrons.